The van der Waals surface area contributed by atoms with E-state index in [4.69, 9.17) is 0 Å². The first-order valence-corrected chi connectivity index (χ1v) is 7.69. The van der Waals surface area contributed by atoms with Crippen LogP contribution in [0.1, 0.15) is 35.3 Å². The van der Waals surface area contributed by atoms with E-state index in [0.717, 1.165) is 19.3 Å². The molecule has 0 fully saturated rings. The van der Waals surface area contributed by atoms with Gasteiger partial charge in [0.05, 0.1) is 17.5 Å². The minimum absolute atomic E-state index is 0.135. The maximum absolute atomic E-state index is 12.3. The summed E-state index contributed by atoms with van der Waals surface area (Å²) in [6, 6.07) is 2.94. The maximum atomic E-state index is 12.3. The van der Waals surface area contributed by atoms with Crippen LogP contribution in [0.15, 0.2) is 35.3 Å². The van der Waals surface area contributed by atoms with Crippen molar-refractivity contribution >= 4 is 5.91 Å². The Labute approximate surface area is 133 Å². The van der Waals surface area contributed by atoms with Gasteiger partial charge in [0.2, 0.25) is 0 Å². The molecule has 3 rings (SSSR count). The fourth-order valence-electron chi connectivity index (χ4n) is 2.71. The van der Waals surface area contributed by atoms with Crippen molar-refractivity contribution < 1.29 is 4.79 Å². The van der Waals surface area contributed by atoms with Gasteiger partial charge in [-0.3, -0.25) is 9.59 Å². The fraction of sp³-hybridized carbons (Fsp3) is 0.375. The van der Waals surface area contributed by atoms with E-state index in [1.165, 1.54) is 16.9 Å². The van der Waals surface area contributed by atoms with Crippen LogP contribution in [0.3, 0.4) is 0 Å². The Bertz CT molecular complexity index is 762. The number of hydrogen-bond donors (Lipinski definition) is 2. The van der Waals surface area contributed by atoms with Crippen LogP contribution >= 0.6 is 0 Å². The van der Waals surface area contributed by atoms with E-state index in [0.29, 0.717) is 29.5 Å². The van der Waals surface area contributed by atoms with E-state index < -0.39 is 0 Å². The molecule has 0 saturated heterocycles. The van der Waals surface area contributed by atoms with Crippen molar-refractivity contribution in [1.29, 1.82) is 0 Å². The number of H-pyrrole nitrogens is 1. The van der Waals surface area contributed by atoms with Gasteiger partial charge in [-0.2, -0.15) is 10.2 Å². The molecule has 0 aromatic carbocycles. The van der Waals surface area contributed by atoms with Crippen molar-refractivity contribution in [2.24, 2.45) is 5.92 Å². The molecule has 0 radical (unpaired) electrons. The Kier molecular flexibility index (Phi) is 4.36. The monoisotopic (exact) mass is 313 g/mol. The van der Waals surface area contributed by atoms with Crippen LogP contribution in [0.25, 0.3) is 5.82 Å². The third kappa shape index (κ3) is 3.39. The highest BCUT2D eigenvalue weighted by Gasteiger charge is 2.16. The number of amides is 1. The fourth-order valence-corrected chi connectivity index (χ4v) is 2.71. The Balaban J connectivity index is 1.64. The molecule has 0 unspecified atom stereocenters. The zero-order chi connectivity index (χ0) is 16.2. The van der Waals surface area contributed by atoms with Crippen LogP contribution in [-0.4, -0.2) is 32.4 Å². The van der Waals surface area contributed by atoms with Crippen LogP contribution < -0.4 is 10.9 Å². The zero-order valence-electron chi connectivity index (χ0n) is 13.0. The molecule has 0 aliphatic heterocycles. The summed E-state index contributed by atoms with van der Waals surface area (Å²) in [5.74, 6) is 0.978. The average molecular weight is 313 g/mol. The second kappa shape index (κ2) is 6.60. The second-order valence-electron chi connectivity index (χ2n) is 5.69. The van der Waals surface area contributed by atoms with E-state index in [1.54, 1.807) is 13.0 Å². The van der Waals surface area contributed by atoms with Gasteiger partial charge in [0, 0.05) is 12.6 Å². The van der Waals surface area contributed by atoms with Gasteiger partial charge in [-0.15, -0.1) is 0 Å². The highest BCUT2D eigenvalue weighted by molar-refractivity contribution is 5.95. The van der Waals surface area contributed by atoms with Crippen LogP contribution in [0.5, 0.6) is 0 Å². The summed E-state index contributed by atoms with van der Waals surface area (Å²) in [4.78, 5) is 23.3. The molecule has 0 saturated carbocycles. The van der Waals surface area contributed by atoms with Gasteiger partial charge in [0.1, 0.15) is 0 Å². The van der Waals surface area contributed by atoms with Crippen LogP contribution in [0.2, 0.25) is 0 Å². The first-order chi connectivity index (χ1) is 11.1. The lowest BCUT2D eigenvalue weighted by atomic mass is 10.0. The molecule has 23 heavy (non-hydrogen) atoms. The summed E-state index contributed by atoms with van der Waals surface area (Å²) in [5, 5.41) is 13.4. The van der Waals surface area contributed by atoms with Gasteiger partial charge >= 0.3 is 0 Å². The quantitative estimate of drug-likeness (QED) is 0.815. The van der Waals surface area contributed by atoms with Gasteiger partial charge in [-0.1, -0.05) is 12.2 Å². The highest BCUT2D eigenvalue weighted by Crippen LogP contribution is 2.20. The molecule has 120 valence electrons. The molecule has 0 atom stereocenters. The van der Waals surface area contributed by atoms with Crippen LogP contribution in [0, 0.1) is 12.8 Å². The number of nitrogens with one attached hydrogen (secondary N) is 2. The molecule has 1 aliphatic rings. The zero-order valence-corrected chi connectivity index (χ0v) is 13.0. The topological polar surface area (TPSA) is 92.7 Å². The molecule has 2 heterocycles. The number of carbonyl (C=O) groups excluding carboxylic acids is 1. The maximum Gasteiger partial charge on any atom is 0.264 e. The number of rotatable bonds is 5. The number of carbonyl (C=O) groups is 1. The third-order valence-corrected chi connectivity index (χ3v) is 4.08. The number of nitrogens with zero attached hydrogens (tertiary/aromatic N) is 3. The second-order valence-corrected chi connectivity index (χ2v) is 5.69. The van der Waals surface area contributed by atoms with Crippen LogP contribution in [-0.2, 0) is 0 Å². The van der Waals surface area contributed by atoms with Crippen molar-refractivity contribution in [1.82, 2.24) is 25.3 Å². The predicted octanol–water partition coefficient (Wildman–Crippen LogP) is 1.35. The van der Waals surface area contributed by atoms with E-state index in [-0.39, 0.29) is 11.5 Å². The minimum Gasteiger partial charge on any atom is -0.352 e. The summed E-state index contributed by atoms with van der Waals surface area (Å²) in [5.41, 5.74) is 0.921. The molecule has 7 nitrogen and oxygen atoms in total. The van der Waals surface area contributed by atoms with E-state index in [2.05, 4.69) is 32.8 Å². The van der Waals surface area contributed by atoms with Crippen molar-refractivity contribution in [2.75, 3.05) is 6.54 Å². The SMILES string of the molecule is Cc1c(C(=O)NCCC2CC=CC2)cnn1-c1ccc(=O)[nH]n1. The normalized spacial score (nSPS) is 14.3. The molecule has 0 spiro atoms. The summed E-state index contributed by atoms with van der Waals surface area (Å²) in [6.07, 6.45) is 9.09. The Hall–Kier alpha value is -2.70. The Morgan fingerprint density at radius 3 is 2.87 bits per heavy atom. The van der Waals surface area contributed by atoms with Gasteiger partial charge in [-0.25, -0.2) is 9.78 Å². The lowest BCUT2D eigenvalue weighted by Gasteiger charge is -2.10. The van der Waals surface area contributed by atoms with Crippen LogP contribution in [0.4, 0.5) is 0 Å². The molecule has 7 heteroatoms. The summed E-state index contributed by atoms with van der Waals surface area (Å²) >= 11 is 0. The lowest BCUT2D eigenvalue weighted by molar-refractivity contribution is 0.0951. The third-order valence-electron chi connectivity index (χ3n) is 4.08. The minimum atomic E-state index is -0.280. The number of aromatic amines is 1. The number of aromatic nitrogens is 4. The molecule has 2 N–H and O–H groups in total. The molecule has 1 amide bonds. The number of allylic oxidation sites excluding steroid dienone is 2. The summed E-state index contributed by atoms with van der Waals surface area (Å²) in [6.45, 7) is 2.46. The van der Waals surface area contributed by atoms with Crippen molar-refractivity contribution in [2.45, 2.75) is 26.2 Å². The highest BCUT2D eigenvalue weighted by atomic mass is 16.1. The summed E-state index contributed by atoms with van der Waals surface area (Å²) in [7, 11) is 0. The summed E-state index contributed by atoms with van der Waals surface area (Å²) < 4.78 is 1.53. The first kappa shape index (κ1) is 15.2. The van der Waals surface area contributed by atoms with Gasteiger partial charge in [0.15, 0.2) is 5.82 Å². The molecular weight excluding hydrogens is 294 g/mol. The Morgan fingerprint density at radius 2 is 2.17 bits per heavy atom. The first-order valence-electron chi connectivity index (χ1n) is 7.69. The lowest BCUT2D eigenvalue weighted by Crippen LogP contribution is -2.26. The molecule has 2 aromatic heterocycles. The molecule has 0 bridgehead atoms. The average Bonchev–Trinajstić information content (AvgIpc) is 3.18. The molecule has 2 aromatic rings. The molecule has 1 aliphatic carbocycles. The molecular formula is C16H19N5O2. The van der Waals surface area contributed by atoms with Crippen molar-refractivity contribution in [3.63, 3.8) is 0 Å². The number of hydrogen-bond acceptors (Lipinski definition) is 4. The standard InChI is InChI=1S/C16H19N5O2/c1-11-13(16(23)17-9-8-12-4-2-3-5-12)10-18-21(11)14-6-7-15(22)20-19-14/h2-3,6-7,10,12H,4-5,8-9H2,1H3,(H,17,23)(H,20,22). The van der Waals surface area contributed by atoms with Gasteiger partial charge in [0.25, 0.3) is 11.5 Å². The van der Waals surface area contributed by atoms with Crippen molar-refractivity contribution in [3.8, 4) is 5.82 Å². The Morgan fingerprint density at radius 1 is 1.39 bits per heavy atom. The largest absolute Gasteiger partial charge is 0.352 e. The predicted molar refractivity (Wildman–Crippen MR) is 85.5 cm³/mol. The van der Waals surface area contributed by atoms with Crippen molar-refractivity contribution in [3.05, 3.63) is 52.1 Å². The van der Waals surface area contributed by atoms with Gasteiger partial charge in [-0.05, 0) is 38.2 Å². The smallest absolute Gasteiger partial charge is 0.264 e. The van der Waals surface area contributed by atoms with Gasteiger partial charge < -0.3 is 5.32 Å². The van der Waals surface area contributed by atoms with E-state index in [1.807, 2.05) is 0 Å². The van der Waals surface area contributed by atoms with E-state index in [9.17, 15) is 9.59 Å². The van der Waals surface area contributed by atoms with E-state index >= 15 is 0 Å².